The van der Waals surface area contributed by atoms with Crippen molar-refractivity contribution in [1.29, 1.82) is 0 Å². The van der Waals surface area contributed by atoms with E-state index in [2.05, 4.69) is 0 Å². The third kappa shape index (κ3) is 23.2. The number of carbonyl (C=O) groups excluding carboxylic acids is 12. The van der Waals surface area contributed by atoms with E-state index in [1.807, 2.05) is 0 Å². The molecule has 31 heteroatoms. The van der Waals surface area contributed by atoms with Crippen molar-refractivity contribution in [1.82, 2.24) is 20.3 Å². The zero-order valence-corrected chi connectivity index (χ0v) is 39.8. The molecule has 31 nitrogen and oxygen atoms in total. The molecule has 0 unspecified atom stereocenters. The Morgan fingerprint density at radius 3 is 0.699 bits per heavy atom. The highest BCUT2D eigenvalue weighted by atomic mass is 16.8. The van der Waals surface area contributed by atoms with Crippen molar-refractivity contribution >= 4 is 71.1 Å². The molecule has 0 aromatic heterocycles. The molecule has 4 rings (SSSR count). The summed E-state index contributed by atoms with van der Waals surface area (Å²) in [4.78, 5) is 160. The second-order valence-corrected chi connectivity index (χ2v) is 15.3. The zero-order chi connectivity index (χ0) is 52.8. The monoisotopic (exact) mass is 1050 g/mol. The Balaban J connectivity index is 1.13. The number of carbonyl (C=O) groups is 12. The molecule has 0 radical (unpaired) electrons. The molecule has 0 saturated carbocycles. The second-order valence-electron chi connectivity index (χ2n) is 15.3. The summed E-state index contributed by atoms with van der Waals surface area (Å²) in [6.45, 7) is -2.38. The minimum absolute atomic E-state index is 0.00980. The van der Waals surface area contributed by atoms with E-state index >= 15 is 0 Å². The van der Waals surface area contributed by atoms with Crippen LogP contribution < -0.4 is 0 Å². The predicted molar refractivity (Wildman–Crippen MR) is 226 cm³/mol. The molecular formula is C42H58N4O27. The molecule has 0 N–H and O–H groups in total. The van der Waals surface area contributed by atoms with Crippen molar-refractivity contribution in [3.63, 3.8) is 0 Å². The van der Waals surface area contributed by atoms with Crippen LogP contribution in [0.5, 0.6) is 0 Å². The van der Waals surface area contributed by atoms with Crippen LogP contribution in [-0.4, -0.2) is 236 Å². The van der Waals surface area contributed by atoms with Gasteiger partial charge in [0.1, 0.15) is 38.6 Å². The molecule has 408 valence electrons. The van der Waals surface area contributed by atoms with Crippen LogP contribution in [0.25, 0.3) is 0 Å². The Hall–Kier alpha value is -6.00. The summed E-state index contributed by atoms with van der Waals surface area (Å²) in [7, 11) is 0. The summed E-state index contributed by atoms with van der Waals surface area (Å²) in [5.74, 6) is -8.86. The Bertz CT molecular complexity index is 1600. The smallest absolute Gasteiger partial charge is 0.358 e. The van der Waals surface area contributed by atoms with Gasteiger partial charge in [-0.3, -0.25) is 38.4 Å². The fourth-order valence-corrected chi connectivity index (χ4v) is 6.03. The highest BCUT2D eigenvalue weighted by Gasteiger charge is 2.35. The van der Waals surface area contributed by atoms with E-state index in [0.717, 1.165) is 0 Å². The van der Waals surface area contributed by atoms with Gasteiger partial charge in [0.15, 0.2) is 0 Å². The highest BCUT2D eigenvalue weighted by Crippen LogP contribution is 2.15. The molecule has 4 heterocycles. The molecule has 4 fully saturated rings. The molecule has 4 aliphatic heterocycles. The van der Waals surface area contributed by atoms with Crippen molar-refractivity contribution in [3.05, 3.63) is 0 Å². The lowest BCUT2D eigenvalue weighted by Crippen LogP contribution is -2.34. The number of hydrogen-bond donors (Lipinski definition) is 0. The quantitative estimate of drug-likeness (QED) is 0.0421. The van der Waals surface area contributed by atoms with Gasteiger partial charge in [-0.05, 0) is 0 Å². The van der Waals surface area contributed by atoms with Crippen molar-refractivity contribution in [2.24, 2.45) is 0 Å². The van der Waals surface area contributed by atoms with Crippen molar-refractivity contribution in [2.75, 3.05) is 132 Å². The number of hydrogen-bond acceptors (Lipinski definition) is 27. The number of hydroxylamine groups is 8. The Morgan fingerprint density at radius 1 is 0.288 bits per heavy atom. The third-order valence-electron chi connectivity index (χ3n) is 9.54. The van der Waals surface area contributed by atoms with Gasteiger partial charge in [-0.25, -0.2) is 19.2 Å². The summed E-state index contributed by atoms with van der Waals surface area (Å²) in [5, 5.41) is 1.61. The zero-order valence-electron chi connectivity index (χ0n) is 39.8. The molecule has 4 saturated heterocycles. The molecule has 0 aromatic carbocycles. The van der Waals surface area contributed by atoms with Gasteiger partial charge in [-0.2, -0.15) is 0 Å². The van der Waals surface area contributed by atoms with Crippen LogP contribution in [0, 0.1) is 0 Å². The van der Waals surface area contributed by atoms with Crippen LogP contribution in [0.1, 0.15) is 51.4 Å². The average molecular weight is 1050 g/mol. The molecule has 0 atom stereocenters. The first kappa shape index (κ1) is 59.6. The van der Waals surface area contributed by atoms with Crippen molar-refractivity contribution in [3.8, 4) is 0 Å². The molecule has 8 amide bonds. The van der Waals surface area contributed by atoms with Crippen molar-refractivity contribution in [2.45, 2.75) is 63.6 Å². The van der Waals surface area contributed by atoms with E-state index in [0.29, 0.717) is 20.3 Å². The van der Waals surface area contributed by atoms with E-state index in [4.69, 9.17) is 71.5 Å². The first-order valence-corrected chi connectivity index (χ1v) is 22.9. The summed E-state index contributed by atoms with van der Waals surface area (Å²) in [6.07, 6.45) is -1.80. The fraction of sp³-hybridized carbons (Fsp3) is 0.714. The number of amides is 8. The first-order chi connectivity index (χ1) is 35.2. The van der Waals surface area contributed by atoms with E-state index in [1.165, 1.54) is 0 Å². The fourth-order valence-electron chi connectivity index (χ4n) is 6.03. The topological polar surface area (TPSA) is 356 Å². The van der Waals surface area contributed by atoms with Gasteiger partial charge in [0, 0.05) is 51.4 Å². The Labute approximate surface area is 415 Å². The number of imide groups is 4. The number of nitrogens with zero attached hydrogens (tertiary/aromatic N) is 4. The van der Waals surface area contributed by atoms with Gasteiger partial charge < -0.3 is 71.5 Å². The van der Waals surface area contributed by atoms with Gasteiger partial charge in [0.2, 0.25) is 0 Å². The molecule has 73 heavy (non-hydrogen) atoms. The van der Waals surface area contributed by atoms with Gasteiger partial charge in [0.05, 0.1) is 106 Å². The largest absolute Gasteiger partial charge is 0.377 e. The molecular weight excluding hydrogens is 992 g/mol. The molecule has 0 spiro atoms. The predicted octanol–water partition coefficient (Wildman–Crippen LogP) is -3.67. The maximum Gasteiger partial charge on any atom is 0.358 e. The number of rotatable bonds is 40. The first-order valence-electron chi connectivity index (χ1n) is 22.9. The van der Waals surface area contributed by atoms with E-state index in [1.54, 1.807) is 0 Å². The maximum absolute atomic E-state index is 12.0. The standard InChI is InChI=1S/C42H58N4O27/c47-31-1-2-32(48)43(31)70-39(55)25-64-13-9-60-21-29(22-61-10-14-65-26-40(56)71-44-33(49)3-4-34(44)50)68-19-17-59-18-20-69-30(23-62-11-15-66-27-41(57)72-45-35(51)5-6-36(45)52)24-63-12-16-67-28-42(58)73-46-37(53)7-8-38(46)54/h29-30H,1-28H2. The summed E-state index contributed by atoms with van der Waals surface area (Å²) in [5.41, 5.74) is 0. The lowest BCUT2D eigenvalue weighted by molar-refractivity contribution is -0.200. The van der Waals surface area contributed by atoms with E-state index in [-0.39, 0.29) is 157 Å². The molecule has 0 aromatic rings. The SMILES string of the molecule is O=C(COCCOCC(COCCOCC(=O)ON1C(=O)CCC1=O)OCCOCCOC(COCCOCC(=O)ON1C(=O)CCC1=O)COCCOCC(=O)ON1C(=O)CCC1=O)ON1C(=O)CCC1=O. The van der Waals surface area contributed by atoms with Crippen LogP contribution in [0.3, 0.4) is 0 Å². The van der Waals surface area contributed by atoms with Crippen LogP contribution in [-0.2, 0) is 129 Å². The summed E-state index contributed by atoms with van der Waals surface area (Å²) >= 11 is 0. The third-order valence-corrected chi connectivity index (χ3v) is 9.54. The minimum atomic E-state index is -0.952. The van der Waals surface area contributed by atoms with E-state index in [9.17, 15) is 57.5 Å². The second kappa shape index (κ2) is 33.7. The Morgan fingerprint density at radius 2 is 0.479 bits per heavy atom. The van der Waals surface area contributed by atoms with Crippen LogP contribution >= 0.6 is 0 Å². The lowest BCUT2D eigenvalue weighted by atomic mass is 10.4. The van der Waals surface area contributed by atoms with E-state index < -0.39 is 110 Å². The lowest BCUT2D eigenvalue weighted by Gasteiger charge is -2.20. The normalized spacial score (nSPS) is 16.1. The van der Waals surface area contributed by atoms with Gasteiger partial charge in [-0.15, -0.1) is 20.3 Å². The van der Waals surface area contributed by atoms with Gasteiger partial charge >= 0.3 is 23.9 Å². The van der Waals surface area contributed by atoms with Gasteiger partial charge in [0.25, 0.3) is 47.3 Å². The molecule has 0 bridgehead atoms. The molecule has 0 aliphatic carbocycles. The summed E-state index contributed by atoms with van der Waals surface area (Å²) in [6, 6.07) is 0. The van der Waals surface area contributed by atoms with Crippen LogP contribution in [0.2, 0.25) is 0 Å². The number of ether oxygens (including phenoxy) is 11. The maximum atomic E-state index is 12.0. The van der Waals surface area contributed by atoms with Gasteiger partial charge in [-0.1, -0.05) is 0 Å². The minimum Gasteiger partial charge on any atom is -0.377 e. The van der Waals surface area contributed by atoms with Crippen LogP contribution in [0.4, 0.5) is 0 Å². The van der Waals surface area contributed by atoms with Crippen LogP contribution in [0.15, 0.2) is 0 Å². The average Bonchev–Trinajstić information content (AvgIpc) is 4.07. The van der Waals surface area contributed by atoms with Crippen molar-refractivity contribution < 1.29 is 129 Å². The molecule has 4 aliphatic rings. The summed E-state index contributed by atoms with van der Waals surface area (Å²) < 4.78 is 60.6. The Kier molecular flexibility index (Phi) is 27.5. The highest BCUT2D eigenvalue weighted by molar-refractivity contribution is 6.03.